The highest BCUT2D eigenvalue weighted by Gasteiger charge is 2.42. The second kappa shape index (κ2) is 7.17. The third-order valence-corrected chi connectivity index (χ3v) is 6.47. The van der Waals surface area contributed by atoms with Gasteiger partial charge in [-0.15, -0.1) is 0 Å². The van der Waals surface area contributed by atoms with E-state index in [2.05, 4.69) is 0 Å². The summed E-state index contributed by atoms with van der Waals surface area (Å²) in [5, 5.41) is 0. The van der Waals surface area contributed by atoms with Crippen LogP contribution >= 0.6 is 24.0 Å². The van der Waals surface area contributed by atoms with Gasteiger partial charge in [-0.1, -0.05) is 90.7 Å². The molecule has 1 atom stereocenters. The van der Waals surface area contributed by atoms with Gasteiger partial charge in [-0.25, -0.2) is 0 Å². The largest absolute Gasteiger partial charge is 0.456 e. The average molecular weight is 416 g/mol. The first-order valence-corrected chi connectivity index (χ1v) is 10.5. The lowest BCUT2D eigenvalue weighted by Gasteiger charge is -2.34. The van der Waals surface area contributed by atoms with Gasteiger partial charge in [0.15, 0.2) is 0 Å². The van der Waals surface area contributed by atoms with Gasteiger partial charge in [0.1, 0.15) is 15.8 Å². The molecule has 3 aromatic carbocycles. The maximum Gasteiger partial charge on any atom is 0.267 e. The smallest absolute Gasteiger partial charge is 0.267 e. The molecular weight excluding hydrogens is 398 g/mol. The fraction of sp³-hybridized carbons (Fsp3) is 0.0833. The fourth-order valence-electron chi connectivity index (χ4n) is 3.79. The minimum absolute atomic E-state index is 0.0713. The molecule has 3 nitrogen and oxygen atoms in total. The summed E-state index contributed by atoms with van der Waals surface area (Å²) in [4.78, 5) is 15.8. The number of hydrogen-bond acceptors (Lipinski definition) is 4. The molecule has 0 spiro atoms. The molecule has 142 valence electrons. The van der Waals surface area contributed by atoms with E-state index in [4.69, 9.17) is 17.0 Å². The van der Waals surface area contributed by atoms with Crippen molar-refractivity contribution in [2.45, 2.75) is 13.0 Å². The number of aryl methyl sites for hydroxylation is 1. The molecule has 0 aliphatic carbocycles. The van der Waals surface area contributed by atoms with Crippen molar-refractivity contribution < 1.29 is 9.53 Å². The zero-order valence-electron chi connectivity index (χ0n) is 15.7. The third kappa shape index (κ3) is 3.07. The van der Waals surface area contributed by atoms with Crippen molar-refractivity contribution >= 4 is 40.3 Å². The van der Waals surface area contributed by atoms with Crippen molar-refractivity contribution in [1.29, 1.82) is 0 Å². The van der Waals surface area contributed by atoms with Crippen molar-refractivity contribution in [1.82, 2.24) is 4.90 Å². The lowest BCUT2D eigenvalue weighted by molar-refractivity contribution is -0.123. The number of benzene rings is 3. The van der Waals surface area contributed by atoms with Crippen LogP contribution in [-0.2, 0) is 4.79 Å². The molecule has 2 aliphatic rings. The van der Waals surface area contributed by atoms with Gasteiger partial charge in [-0.2, -0.15) is 0 Å². The maximum absolute atomic E-state index is 13.4. The van der Waals surface area contributed by atoms with Crippen molar-refractivity contribution in [2.75, 3.05) is 0 Å². The third-order valence-electron chi connectivity index (χ3n) is 5.14. The van der Waals surface area contributed by atoms with Crippen molar-refractivity contribution in [2.24, 2.45) is 0 Å². The number of hydrogen-bond donors (Lipinski definition) is 0. The van der Waals surface area contributed by atoms with E-state index in [0.29, 0.717) is 9.23 Å². The second-order valence-electron chi connectivity index (χ2n) is 7.00. The SMILES string of the molecule is Cc1cccc2c1Oc1ccccc1[C@H]2N1C(=O)/C(=C\c2ccccc2)SC1=S. The summed E-state index contributed by atoms with van der Waals surface area (Å²) in [6.07, 6.45) is 1.90. The van der Waals surface area contributed by atoms with E-state index in [9.17, 15) is 4.79 Å². The van der Waals surface area contributed by atoms with Crippen LogP contribution in [0.1, 0.15) is 28.3 Å². The minimum atomic E-state index is -0.302. The number of fused-ring (bicyclic) bond motifs is 2. The second-order valence-corrected chi connectivity index (χ2v) is 8.67. The Morgan fingerprint density at radius 2 is 1.69 bits per heavy atom. The Bertz CT molecular complexity index is 1170. The Morgan fingerprint density at radius 1 is 0.966 bits per heavy atom. The highest BCUT2D eigenvalue weighted by molar-refractivity contribution is 8.26. The molecule has 0 bridgehead atoms. The summed E-state index contributed by atoms with van der Waals surface area (Å²) >= 11 is 7.02. The summed E-state index contributed by atoms with van der Waals surface area (Å²) in [6, 6.07) is 23.4. The van der Waals surface area contributed by atoms with Crippen molar-refractivity contribution in [3.8, 4) is 11.5 Å². The summed E-state index contributed by atoms with van der Waals surface area (Å²) in [5.74, 6) is 1.50. The molecule has 5 rings (SSSR count). The van der Waals surface area contributed by atoms with Crippen LogP contribution in [0, 0.1) is 6.92 Å². The number of nitrogens with zero attached hydrogens (tertiary/aromatic N) is 1. The zero-order valence-corrected chi connectivity index (χ0v) is 17.3. The minimum Gasteiger partial charge on any atom is -0.456 e. The van der Waals surface area contributed by atoms with Crippen LogP contribution in [0.4, 0.5) is 0 Å². The number of para-hydroxylation sites is 2. The molecule has 1 fully saturated rings. The van der Waals surface area contributed by atoms with Gasteiger partial charge < -0.3 is 4.74 Å². The number of thioether (sulfide) groups is 1. The lowest BCUT2D eigenvalue weighted by atomic mass is 9.92. The molecule has 29 heavy (non-hydrogen) atoms. The first kappa shape index (κ1) is 18.2. The summed E-state index contributed by atoms with van der Waals surface area (Å²) < 4.78 is 6.75. The van der Waals surface area contributed by atoms with Crippen LogP contribution in [0.5, 0.6) is 11.5 Å². The quantitative estimate of drug-likeness (QED) is 0.374. The Hall–Kier alpha value is -2.89. The number of carbonyl (C=O) groups is 1. The van der Waals surface area contributed by atoms with Crippen LogP contribution in [-0.4, -0.2) is 15.1 Å². The van der Waals surface area contributed by atoms with Gasteiger partial charge in [0.25, 0.3) is 5.91 Å². The highest BCUT2D eigenvalue weighted by Crippen LogP contribution is 2.50. The Labute approximate surface area is 179 Å². The number of rotatable bonds is 2. The molecule has 3 aromatic rings. The van der Waals surface area contributed by atoms with Gasteiger partial charge in [0.2, 0.25) is 0 Å². The fourth-order valence-corrected chi connectivity index (χ4v) is 5.10. The first-order chi connectivity index (χ1) is 14.1. The molecule has 0 unspecified atom stereocenters. The molecule has 0 saturated carbocycles. The van der Waals surface area contributed by atoms with E-state index in [1.54, 1.807) is 4.90 Å². The maximum atomic E-state index is 13.4. The van der Waals surface area contributed by atoms with E-state index < -0.39 is 0 Å². The van der Waals surface area contributed by atoms with Gasteiger partial charge >= 0.3 is 0 Å². The molecule has 1 saturated heterocycles. The molecule has 0 aromatic heterocycles. The zero-order chi connectivity index (χ0) is 20.0. The van der Waals surface area contributed by atoms with Crippen molar-refractivity contribution in [3.63, 3.8) is 0 Å². The standard InChI is InChI=1S/C24H17NO2S2/c1-15-8-7-12-18-21(17-11-5-6-13-19(17)27-22(15)18)25-23(26)20(29-24(25)28)14-16-9-3-2-4-10-16/h2-14,21H,1H3/b20-14+/t21-/m1/s1. The van der Waals surface area contributed by atoms with E-state index in [-0.39, 0.29) is 11.9 Å². The van der Waals surface area contributed by atoms with Gasteiger partial charge in [-0.3, -0.25) is 9.69 Å². The van der Waals surface area contributed by atoms with Gasteiger partial charge in [0, 0.05) is 11.1 Å². The molecule has 0 radical (unpaired) electrons. The molecule has 1 amide bonds. The number of thiocarbonyl (C=S) groups is 1. The van der Waals surface area contributed by atoms with E-state index >= 15 is 0 Å². The van der Waals surface area contributed by atoms with E-state index in [1.165, 1.54) is 11.8 Å². The van der Waals surface area contributed by atoms with Crippen LogP contribution in [0.25, 0.3) is 6.08 Å². The molecular formula is C24H17NO2S2. The van der Waals surface area contributed by atoms with Crippen LogP contribution in [0.2, 0.25) is 0 Å². The predicted octanol–water partition coefficient (Wildman–Crippen LogP) is 6.09. The lowest BCUT2D eigenvalue weighted by Crippen LogP contribution is -2.35. The number of amides is 1. The average Bonchev–Trinajstić information content (AvgIpc) is 3.01. The van der Waals surface area contributed by atoms with E-state index in [0.717, 1.165) is 33.8 Å². The molecule has 5 heteroatoms. The molecule has 2 aliphatic heterocycles. The van der Waals surface area contributed by atoms with Crippen LogP contribution in [0.3, 0.4) is 0 Å². The Morgan fingerprint density at radius 3 is 2.52 bits per heavy atom. The Balaban J connectivity index is 1.63. The molecule has 0 N–H and O–H groups in total. The Kier molecular flexibility index (Phi) is 4.49. The monoisotopic (exact) mass is 415 g/mol. The van der Waals surface area contributed by atoms with Gasteiger partial charge in [-0.05, 0) is 30.2 Å². The topological polar surface area (TPSA) is 29.5 Å². The van der Waals surface area contributed by atoms with Gasteiger partial charge in [0.05, 0.1) is 10.9 Å². The summed E-state index contributed by atoms with van der Waals surface area (Å²) in [7, 11) is 0. The number of ether oxygens (including phenoxy) is 1. The normalized spacial score (nSPS) is 19.1. The first-order valence-electron chi connectivity index (χ1n) is 9.32. The van der Waals surface area contributed by atoms with Crippen LogP contribution < -0.4 is 4.74 Å². The van der Waals surface area contributed by atoms with Crippen molar-refractivity contribution in [3.05, 3.63) is 100.0 Å². The summed E-state index contributed by atoms with van der Waals surface area (Å²) in [5.41, 5.74) is 3.92. The van der Waals surface area contributed by atoms with E-state index in [1.807, 2.05) is 85.8 Å². The number of carbonyl (C=O) groups excluding carboxylic acids is 1. The summed E-state index contributed by atoms with van der Waals surface area (Å²) in [6.45, 7) is 2.02. The highest BCUT2D eigenvalue weighted by atomic mass is 32.2. The predicted molar refractivity (Wildman–Crippen MR) is 121 cm³/mol. The van der Waals surface area contributed by atoms with Crippen LogP contribution in [0.15, 0.2) is 77.7 Å². The molecule has 2 heterocycles.